The molecule has 0 aliphatic rings. The first kappa shape index (κ1) is 11.7. The molecule has 0 unspecified atom stereocenters. The van der Waals surface area contributed by atoms with Crippen molar-refractivity contribution in [2.24, 2.45) is 7.05 Å². The first-order chi connectivity index (χ1) is 8.15. The normalized spacial score (nSPS) is 11.3. The molecule has 17 heavy (non-hydrogen) atoms. The van der Waals surface area contributed by atoms with Gasteiger partial charge in [-0.1, -0.05) is 19.1 Å². The summed E-state index contributed by atoms with van der Waals surface area (Å²) in [5.41, 5.74) is 0.931. The molecule has 0 saturated heterocycles. The van der Waals surface area contributed by atoms with Gasteiger partial charge < -0.3 is 5.32 Å². The van der Waals surface area contributed by atoms with Gasteiger partial charge in [0.15, 0.2) is 0 Å². The lowest BCUT2D eigenvalue weighted by atomic mass is 10.3. The fourth-order valence-electron chi connectivity index (χ4n) is 1.41. The van der Waals surface area contributed by atoms with Crippen LogP contribution in [0.1, 0.15) is 25.4 Å². The Kier molecular flexibility index (Phi) is 3.48. The molecule has 0 saturated carbocycles. The van der Waals surface area contributed by atoms with Gasteiger partial charge in [0.25, 0.3) is 0 Å². The lowest BCUT2D eigenvalue weighted by Crippen LogP contribution is -2.21. The van der Waals surface area contributed by atoms with Crippen LogP contribution in [-0.2, 0) is 20.1 Å². The van der Waals surface area contributed by atoms with Crippen molar-refractivity contribution in [1.82, 2.24) is 35.1 Å². The third kappa shape index (κ3) is 3.10. The van der Waals surface area contributed by atoms with Crippen LogP contribution in [-0.4, -0.2) is 35.8 Å². The molecule has 0 radical (unpaired) electrons. The van der Waals surface area contributed by atoms with Crippen molar-refractivity contribution in [1.29, 1.82) is 0 Å². The molecule has 0 amide bonds. The van der Waals surface area contributed by atoms with Crippen LogP contribution in [0.25, 0.3) is 0 Å². The van der Waals surface area contributed by atoms with Gasteiger partial charge >= 0.3 is 0 Å². The van der Waals surface area contributed by atoms with Crippen molar-refractivity contribution in [3.05, 3.63) is 24.0 Å². The van der Waals surface area contributed by atoms with Gasteiger partial charge in [0.1, 0.15) is 18.7 Å². The minimum Gasteiger partial charge on any atom is -0.309 e. The van der Waals surface area contributed by atoms with E-state index in [-0.39, 0.29) is 0 Å². The predicted octanol–water partition coefficient (Wildman–Crippen LogP) is -0.0471. The average Bonchev–Trinajstić information content (AvgIpc) is 2.87. The summed E-state index contributed by atoms with van der Waals surface area (Å²) in [5.74, 6) is 0.860. The van der Waals surface area contributed by atoms with E-state index in [1.165, 1.54) is 6.33 Å². The number of rotatable bonds is 5. The Labute approximate surface area is 99.9 Å². The summed E-state index contributed by atoms with van der Waals surface area (Å²) in [6.07, 6.45) is 3.46. The average molecular weight is 235 g/mol. The van der Waals surface area contributed by atoms with Gasteiger partial charge in [-0.3, -0.25) is 4.68 Å². The SMILES string of the molecule is CC(C)NCc1cn(Cc2ncnn2C)nn1. The molecule has 7 heteroatoms. The smallest absolute Gasteiger partial charge is 0.148 e. The summed E-state index contributed by atoms with van der Waals surface area (Å²) in [6.45, 7) is 5.52. The van der Waals surface area contributed by atoms with Gasteiger partial charge in [0.05, 0.1) is 11.9 Å². The Bertz CT molecular complexity index is 470. The van der Waals surface area contributed by atoms with Crippen LogP contribution < -0.4 is 5.32 Å². The van der Waals surface area contributed by atoms with Gasteiger partial charge in [0, 0.05) is 19.6 Å². The zero-order valence-corrected chi connectivity index (χ0v) is 10.3. The van der Waals surface area contributed by atoms with Gasteiger partial charge in [-0.15, -0.1) is 5.10 Å². The topological polar surface area (TPSA) is 73.5 Å². The molecule has 1 N–H and O–H groups in total. The van der Waals surface area contributed by atoms with Crippen molar-refractivity contribution >= 4 is 0 Å². The fraction of sp³-hybridized carbons (Fsp3) is 0.600. The van der Waals surface area contributed by atoms with E-state index in [0.717, 1.165) is 18.1 Å². The van der Waals surface area contributed by atoms with Gasteiger partial charge in [-0.25, -0.2) is 9.67 Å². The van der Waals surface area contributed by atoms with E-state index in [4.69, 9.17) is 0 Å². The highest BCUT2D eigenvalue weighted by Crippen LogP contribution is 1.98. The van der Waals surface area contributed by atoms with E-state index >= 15 is 0 Å². The van der Waals surface area contributed by atoms with Crippen LogP contribution in [0, 0.1) is 0 Å². The van der Waals surface area contributed by atoms with Crippen LogP contribution >= 0.6 is 0 Å². The highest BCUT2D eigenvalue weighted by molar-refractivity contribution is 4.94. The quantitative estimate of drug-likeness (QED) is 0.786. The molecule has 2 aromatic rings. The Morgan fingerprint density at radius 2 is 2.24 bits per heavy atom. The third-order valence-corrected chi connectivity index (χ3v) is 2.39. The van der Waals surface area contributed by atoms with Crippen molar-refractivity contribution in [3.63, 3.8) is 0 Å². The largest absolute Gasteiger partial charge is 0.309 e. The second-order valence-corrected chi connectivity index (χ2v) is 4.24. The molecule has 0 aliphatic heterocycles. The molecule has 92 valence electrons. The predicted molar refractivity (Wildman–Crippen MR) is 62.1 cm³/mol. The van der Waals surface area contributed by atoms with Gasteiger partial charge in [-0.05, 0) is 0 Å². The van der Waals surface area contributed by atoms with Crippen LogP contribution in [0.4, 0.5) is 0 Å². The fourth-order valence-corrected chi connectivity index (χ4v) is 1.41. The monoisotopic (exact) mass is 235 g/mol. The maximum absolute atomic E-state index is 4.14. The van der Waals surface area contributed by atoms with E-state index < -0.39 is 0 Å². The molecule has 7 nitrogen and oxygen atoms in total. The first-order valence-corrected chi connectivity index (χ1v) is 5.60. The summed E-state index contributed by atoms with van der Waals surface area (Å²) in [6, 6.07) is 0.443. The maximum atomic E-state index is 4.14. The minimum absolute atomic E-state index is 0.443. The summed E-state index contributed by atoms with van der Waals surface area (Å²) >= 11 is 0. The molecular weight excluding hydrogens is 218 g/mol. The second-order valence-electron chi connectivity index (χ2n) is 4.24. The molecule has 2 aromatic heterocycles. The number of nitrogens with one attached hydrogen (secondary N) is 1. The van der Waals surface area contributed by atoms with Crippen molar-refractivity contribution in [2.45, 2.75) is 33.0 Å². The van der Waals surface area contributed by atoms with Crippen molar-refractivity contribution in [3.8, 4) is 0 Å². The summed E-state index contributed by atoms with van der Waals surface area (Å²) in [5, 5.41) is 15.5. The molecule has 0 aromatic carbocycles. The highest BCUT2D eigenvalue weighted by atomic mass is 15.4. The van der Waals surface area contributed by atoms with Gasteiger partial charge in [-0.2, -0.15) is 5.10 Å². The lowest BCUT2D eigenvalue weighted by molar-refractivity contribution is 0.579. The Balaban J connectivity index is 1.97. The minimum atomic E-state index is 0.443. The molecule has 0 atom stereocenters. The van der Waals surface area contributed by atoms with Crippen LogP contribution in [0.15, 0.2) is 12.5 Å². The number of nitrogens with zero attached hydrogens (tertiary/aromatic N) is 6. The molecule has 2 heterocycles. The molecule has 0 aliphatic carbocycles. The van der Waals surface area contributed by atoms with Gasteiger partial charge in [0.2, 0.25) is 0 Å². The van der Waals surface area contributed by atoms with E-state index in [9.17, 15) is 0 Å². The Morgan fingerprint density at radius 1 is 1.41 bits per heavy atom. The summed E-state index contributed by atoms with van der Waals surface area (Å²) in [7, 11) is 1.86. The van der Waals surface area contributed by atoms with Crippen molar-refractivity contribution < 1.29 is 0 Å². The van der Waals surface area contributed by atoms with Crippen LogP contribution in [0.3, 0.4) is 0 Å². The van der Waals surface area contributed by atoms with Crippen LogP contribution in [0.2, 0.25) is 0 Å². The number of aromatic nitrogens is 6. The number of hydrogen-bond acceptors (Lipinski definition) is 5. The second kappa shape index (κ2) is 5.05. The molecule has 2 rings (SSSR count). The third-order valence-electron chi connectivity index (χ3n) is 2.39. The molecular formula is C10H17N7. The van der Waals surface area contributed by atoms with E-state index in [2.05, 4.69) is 39.6 Å². The zero-order chi connectivity index (χ0) is 12.3. The zero-order valence-electron chi connectivity index (χ0n) is 10.3. The Morgan fingerprint density at radius 3 is 2.88 bits per heavy atom. The lowest BCUT2D eigenvalue weighted by Gasteiger charge is -2.04. The Hall–Kier alpha value is -1.76. The summed E-state index contributed by atoms with van der Waals surface area (Å²) < 4.78 is 3.50. The number of hydrogen-bond donors (Lipinski definition) is 1. The number of aryl methyl sites for hydroxylation is 1. The van der Waals surface area contributed by atoms with Crippen LogP contribution in [0.5, 0.6) is 0 Å². The van der Waals surface area contributed by atoms with E-state index in [0.29, 0.717) is 12.6 Å². The highest BCUT2D eigenvalue weighted by Gasteiger charge is 2.05. The molecule has 0 fully saturated rings. The molecule has 0 spiro atoms. The maximum Gasteiger partial charge on any atom is 0.148 e. The standard InChI is InChI=1S/C10H17N7/c1-8(2)11-4-9-5-17(15-14-9)6-10-12-7-13-16(10)3/h5,7-8,11H,4,6H2,1-3H3. The van der Waals surface area contributed by atoms with E-state index in [1.807, 2.05) is 13.2 Å². The molecule has 0 bridgehead atoms. The first-order valence-electron chi connectivity index (χ1n) is 5.60. The van der Waals surface area contributed by atoms with E-state index in [1.54, 1.807) is 9.36 Å². The van der Waals surface area contributed by atoms with Crippen molar-refractivity contribution in [2.75, 3.05) is 0 Å². The summed E-state index contributed by atoms with van der Waals surface area (Å²) in [4.78, 5) is 4.14.